The van der Waals surface area contributed by atoms with Crippen molar-refractivity contribution >= 4 is 28.6 Å². The van der Waals surface area contributed by atoms with Crippen LogP contribution in [0.25, 0.3) is 0 Å². The lowest BCUT2D eigenvalue weighted by Crippen LogP contribution is -2.18. The third-order valence-electron chi connectivity index (χ3n) is 2.15. The molecular formula is C11H7ClF4N2OS. The maximum atomic E-state index is 13.0. The monoisotopic (exact) mass is 326 g/mol. The van der Waals surface area contributed by atoms with Crippen molar-refractivity contribution in [2.45, 2.75) is 12.9 Å². The van der Waals surface area contributed by atoms with Gasteiger partial charge in [-0.05, 0) is 12.1 Å². The van der Waals surface area contributed by atoms with Gasteiger partial charge in [0.2, 0.25) is 0 Å². The summed E-state index contributed by atoms with van der Waals surface area (Å²) in [6.45, 7) is 0.199. The van der Waals surface area contributed by atoms with Crippen LogP contribution >= 0.6 is 22.9 Å². The number of nitrogens with one attached hydrogen (secondary N) is 1. The maximum Gasteiger partial charge on any atom is 0.573 e. The minimum Gasteiger partial charge on any atom is -0.403 e. The fourth-order valence-electron chi connectivity index (χ4n) is 1.40. The van der Waals surface area contributed by atoms with Crippen molar-refractivity contribution in [2.75, 3.05) is 5.32 Å². The van der Waals surface area contributed by atoms with Crippen molar-refractivity contribution in [1.82, 2.24) is 4.98 Å². The number of hydrogen-bond acceptors (Lipinski definition) is 4. The molecule has 1 aromatic heterocycles. The fraction of sp³-hybridized carbons (Fsp3) is 0.182. The van der Waals surface area contributed by atoms with Gasteiger partial charge in [-0.25, -0.2) is 9.37 Å². The summed E-state index contributed by atoms with van der Waals surface area (Å²) in [6, 6.07) is 2.86. The summed E-state index contributed by atoms with van der Waals surface area (Å²) in [5.74, 6) is -1.45. The average Bonchev–Trinajstić information content (AvgIpc) is 2.72. The molecule has 1 aromatic carbocycles. The number of nitrogens with zero attached hydrogens (tertiary/aromatic N) is 1. The summed E-state index contributed by atoms with van der Waals surface area (Å²) in [6.07, 6.45) is -3.40. The van der Waals surface area contributed by atoms with E-state index in [0.29, 0.717) is 10.5 Å². The van der Waals surface area contributed by atoms with E-state index in [1.807, 2.05) is 0 Å². The first-order chi connectivity index (χ1) is 9.33. The largest absolute Gasteiger partial charge is 0.573 e. The molecular weight excluding hydrogens is 320 g/mol. The molecule has 0 bridgehead atoms. The number of rotatable bonds is 4. The summed E-state index contributed by atoms with van der Waals surface area (Å²) in [5, 5.41) is 2.71. The lowest BCUT2D eigenvalue weighted by atomic mass is 10.3. The number of alkyl halides is 3. The molecule has 0 radical (unpaired) electrons. The second kappa shape index (κ2) is 5.84. The number of hydrogen-bond donors (Lipinski definition) is 1. The van der Waals surface area contributed by atoms with E-state index < -0.39 is 17.9 Å². The molecule has 2 aromatic rings. The van der Waals surface area contributed by atoms with Crippen LogP contribution in [0.15, 0.2) is 24.4 Å². The van der Waals surface area contributed by atoms with E-state index in [1.165, 1.54) is 23.6 Å². The minimum absolute atomic E-state index is 0.0215. The van der Waals surface area contributed by atoms with Gasteiger partial charge in [0.25, 0.3) is 0 Å². The number of anilines is 1. The van der Waals surface area contributed by atoms with Crippen molar-refractivity contribution < 1.29 is 22.3 Å². The Kier molecular flexibility index (Phi) is 4.34. The van der Waals surface area contributed by atoms with Crippen molar-refractivity contribution in [2.24, 2.45) is 0 Å². The molecule has 1 N–H and O–H groups in total. The molecule has 20 heavy (non-hydrogen) atoms. The smallest absolute Gasteiger partial charge is 0.403 e. The van der Waals surface area contributed by atoms with Gasteiger partial charge in [0.15, 0.2) is 10.2 Å². The Morgan fingerprint density at radius 2 is 2.10 bits per heavy atom. The van der Waals surface area contributed by atoms with Gasteiger partial charge in [0.1, 0.15) is 5.82 Å². The van der Waals surface area contributed by atoms with Crippen LogP contribution in [-0.2, 0) is 6.54 Å². The third kappa shape index (κ3) is 4.24. The van der Waals surface area contributed by atoms with Crippen molar-refractivity contribution in [1.29, 1.82) is 0 Å². The quantitative estimate of drug-likeness (QED) is 0.843. The van der Waals surface area contributed by atoms with E-state index in [4.69, 9.17) is 11.6 Å². The molecule has 0 saturated heterocycles. The topological polar surface area (TPSA) is 34.2 Å². The van der Waals surface area contributed by atoms with Gasteiger partial charge in [-0.1, -0.05) is 11.6 Å². The Bertz CT molecular complexity index is 602. The molecule has 108 valence electrons. The number of benzene rings is 1. The summed E-state index contributed by atoms with van der Waals surface area (Å²) in [7, 11) is 0. The highest BCUT2D eigenvalue weighted by atomic mass is 35.5. The SMILES string of the molecule is Fc1ccc(NCc2cnc(Cl)s2)c(OC(F)(F)F)c1. The molecule has 0 aliphatic heterocycles. The van der Waals surface area contributed by atoms with Crippen molar-refractivity contribution in [3.63, 3.8) is 0 Å². The zero-order chi connectivity index (χ0) is 14.8. The van der Waals surface area contributed by atoms with Gasteiger partial charge in [-0.3, -0.25) is 0 Å². The van der Waals surface area contributed by atoms with Gasteiger partial charge in [-0.2, -0.15) is 0 Å². The lowest BCUT2D eigenvalue weighted by Gasteiger charge is -2.14. The molecule has 2 rings (SSSR count). The zero-order valence-electron chi connectivity index (χ0n) is 9.67. The first-order valence-corrected chi connectivity index (χ1v) is 6.42. The minimum atomic E-state index is -4.89. The van der Waals surface area contributed by atoms with Gasteiger partial charge in [0, 0.05) is 17.1 Å². The first kappa shape index (κ1) is 14.9. The van der Waals surface area contributed by atoms with Crippen LogP contribution in [0.1, 0.15) is 4.88 Å². The Hall–Kier alpha value is -1.54. The van der Waals surface area contributed by atoms with E-state index in [1.54, 1.807) is 0 Å². The second-order valence-corrected chi connectivity index (χ2v) is 5.32. The van der Waals surface area contributed by atoms with Crippen molar-refractivity contribution in [3.8, 4) is 5.75 Å². The van der Waals surface area contributed by atoms with E-state index >= 15 is 0 Å². The molecule has 0 saturated carbocycles. The summed E-state index contributed by atoms with van der Waals surface area (Å²) in [5.41, 5.74) is 0.0215. The summed E-state index contributed by atoms with van der Waals surface area (Å²) >= 11 is 6.82. The Morgan fingerprint density at radius 1 is 1.35 bits per heavy atom. The van der Waals surface area contributed by atoms with E-state index in [0.717, 1.165) is 10.9 Å². The van der Waals surface area contributed by atoms with Crippen molar-refractivity contribution in [3.05, 3.63) is 39.6 Å². The molecule has 3 nitrogen and oxygen atoms in total. The van der Waals surface area contributed by atoms with E-state index in [9.17, 15) is 17.6 Å². The highest BCUT2D eigenvalue weighted by Gasteiger charge is 2.32. The van der Waals surface area contributed by atoms with Crippen LogP contribution in [0.4, 0.5) is 23.2 Å². The molecule has 0 unspecified atom stereocenters. The molecule has 0 atom stereocenters. The van der Waals surface area contributed by atoms with Crippen LogP contribution in [-0.4, -0.2) is 11.3 Å². The third-order valence-corrected chi connectivity index (χ3v) is 3.26. The van der Waals surface area contributed by atoms with E-state index in [-0.39, 0.29) is 12.2 Å². The molecule has 0 aliphatic carbocycles. The summed E-state index contributed by atoms with van der Waals surface area (Å²) in [4.78, 5) is 4.52. The standard InChI is InChI=1S/C11H7ClF4N2OS/c12-10-18-5-7(20-10)4-17-8-2-1-6(13)3-9(8)19-11(14,15)16/h1-3,5,17H,4H2. The molecule has 9 heteroatoms. The normalized spacial score (nSPS) is 11.4. The van der Waals surface area contributed by atoms with Crippen LogP contribution in [0.2, 0.25) is 4.47 Å². The molecule has 1 heterocycles. The van der Waals surface area contributed by atoms with Crippen LogP contribution in [0.5, 0.6) is 5.75 Å². The molecule has 0 spiro atoms. The van der Waals surface area contributed by atoms with Gasteiger partial charge in [0.05, 0.1) is 12.2 Å². The molecule has 0 aliphatic rings. The highest BCUT2D eigenvalue weighted by Crippen LogP contribution is 2.31. The number of halogens is 5. The fourth-order valence-corrected chi connectivity index (χ4v) is 2.32. The Labute approximate surface area is 120 Å². The number of thiazole rings is 1. The first-order valence-electron chi connectivity index (χ1n) is 5.23. The summed E-state index contributed by atoms with van der Waals surface area (Å²) < 4.78 is 53.7. The highest BCUT2D eigenvalue weighted by molar-refractivity contribution is 7.15. The van der Waals surface area contributed by atoms with Crippen LogP contribution in [0, 0.1) is 5.82 Å². The molecule has 0 fully saturated rings. The second-order valence-electron chi connectivity index (χ2n) is 3.62. The predicted octanol–water partition coefficient (Wildman–Crippen LogP) is 4.45. The Morgan fingerprint density at radius 3 is 2.70 bits per heavy atom. The van der Waals surface area contributed by atoms with Gasteiger partial charge >= 0.3 is 6.36 Å². The van der Waals surface area contributed by atoms with Crippen LogP contribution < -0.4 is 10.1 Å². The van der Waals surface area contributed by atoms with Gasteiger partial charge < -0.3 is 10.1 Å². The van der Waals surface area contributed by atoms with Crippen LogP contribution in [0.3, 0.4) is 0 Å². The molecule has 0 amide bonds. The number of ether oxygens (including phenoxy) is 1. The lowest BCUT2D eigenvalue weighted by molar-refractivity contribution is -0.274. The van der Waals surface area contributed by atoms with Gasteiger partial charge in [-0.15, -0.1) is 24.5 Å². The van der Waals surface area contributed by atoms with E-state index in [2.05, 4.69) is 15.0 Å². The zero-order valence-corrected chi connectivity index (χ0v) is 11.2. The Balaban J connectivity index is 2.14. The predicted molar refractivity (Wildman–Crippen MR) is 67.5 cm³/mol. The average molecular weight is 327 g/mol. The number of aromatic nitrogens is 1. The maximum absolute atomic E-state index is 13.0.